The Hall–Kier alpha value is -2.22. The summed E-state index contributed by atoms with van der Waals surface area (Å²) in [5.74, 6) is -1.29. The SMILES string of the molecule is Cc1ccccc1-c1csc(NC(=O)CS(=O)(=O)c2ccc(Cl)cc2)n1. The van der Waals surface area contributed by atoms with Crippen molar-refractivity contribution in [1.29, 1.82) is 0 Å². The zero-order valence-corrected chi connectivity index (χ0v) is 16.2. The van der Waals surface area contributed by atoms with Crippen LogP contribution >= 0.6 is 22.9 Å². The van der Waals surface area contributed by atoms with Crippen molar-refractivity contribution in [3.8, 4) is 11.3 Å². The van der Waals surface area contributed by atoms with Crippen LogP contribution in [-0.2, 0) is 14.6 Å². The summed E-state index contributed by atoms with van der Waals surface area (Å²) in [6.07, 6.45) is 0. The molecule has 0 aliphatic rings. The van der Waals surface area contributed by atoms with E-state index in [0.29, 0.717) is 10.2 Å². The molecule has 3 rings (SSSR count). The molecule has 2 aromatic carbocycles. The number of carbonyl (C=O) groups excluding carboxylic acids is 1. The van der Waals surface area contributed by atoms with Crippen molar-refractivity contribution in [2.45, 2.75) is 11.8 Å². The van der Waals surface area contributed by atoms with Gasteiger partial charge in [0.15, 0.2) is 15.0 Å². The first-order valence-electron chi connectivity index (χ1n) is 7.65. The van der Waals surface area contributed by atoms with Gasteiger partial charge in [0.1, 0.15) is 5.75 Å². The summed E-state index contributed by atoms with van der Waals surface area (Å²) in [5.41, 5.74) is 2.78. The highest BCUT2D eigenvalue weighted by atomic mass is 35.5. The van der Waals surface area contributed by atoms with Crippen LogP contribution in [0.1, 0.15) is 5.56 Å². The Morgan fingerprint density at radius 1 is 1.15 bits per heavy atom. The van der Waals surface area contributed by atoms with Crippen molar-refractivity contribution < 1.29 is 13.2 Å². The van der Waals surface area contributed by atoms with Crippen molar-refractivity contribution in [3.05, 3.63) is 64.5 Å². The molecule has 0 saturated heterocycles. The third-order valence-electron chi connectivity index (χ3n) is 3.67. The van der Waals surface area contributed by atoms with Gasteiger partial charge in [-0.15, -0.1) is 11.3 Å². The van der Waals surface area contributed by atoms with Gasteiger partial charge >= 0.3 is 0 Å². The Morgan fingerprint density at radius 2 is 1.85 bits per heavy atom. The van der Waals surface area contributed by atoms with E-state index in [1.165, 1.54) is 35.6 Å². The third kappa shape index (κ3) is 4.30. The van der Waals surface area contributed by atoms with Gasteiger partial charge in [0, 0.05) is 16.0 Å². The van der Waals surface area contributed by atoms with Crippen molar-refractivity contribution >= 4 is 43.8 Å². The third-order valence-corrected chi connectivity index (χ3v) is 6.31. The zero-order chi connectivity index (χ0) is 18.7. The minimum absolute atomic E-state index is 0.0526. The number of hydrogen-bond donors (Lipinski definition) is 1. The number of carbonyl (C=O) groups is 1. The molecule has 8 heteroatoms. The fourth-order valence-corrected chi connectivity index (χ4v) is 4.36. The molecule has 0 atom stereocenters. The molecular formula is C18H15ClN2O3S2. The van der Waals surface area contributed by atoms with Crippen LogP contribution in [-0.4, -0.2) is 25.1 Å². The number of aromatic nitrogens is 1. The number of halogens is 1. The molecule has 0 bridgehead atoms. The lowest BCUT2D eigenvalue weighted by atomic mass is 10.1. The van der Waals surface area contributed by atoms with Gasteiger partial charge in [-0.05, 0) is 36.8 Å². The van der Waals surface area contributed by atoms with Crippen LogP contribution in [0.3, 0.4) is 0 Å². The van der Waals surface area contributed by atoms with Crippen molar-refractivity contribution in [2.24, 2.45) is 0 Å². The summed E-state index contributed by atoms with van der Waals surface area (Å²) in [7, 11) is -3.74. The van der Waals surface area contributed by atoms with E-state index < -0.39 is 21.5 Å². The van der Waals surface area contributed by atoms with E-state index in [-0.39, 0.29) is 4.90 Å². The Labute approximate surface area is 160 Å². The zero-order valence-electron chi connectivity index (χ0n) is 13.8. The molecule has 0 unspecified atom stereocenters. The fraction of sp³-hybridized carbons (Fsp3) is 0.111. The molecular weight excluding hydrogens is 392 g/mol. The first-order chi connectivity index (χ1) is 12.3. The van der Waals surface area contributed by atoms with Gasteiger partial charge in [0.25, 0.3) is 0 Å². The summed E-state index contributed by atoms with van der Waals surface area (Å²) in [4.78, 5) is 16.6. The summed E-state index contributed by atoms with van der Waals surface area (Å²) in [5, 5.41) is 5.17. The number of thiazole rings is 1. The maximum absolute atomic E-state index is 12.3. The Bertz CT molecular complexity index is 1040. The highest BCUT2D eigenvalue weighted by Crippen LogP contribution is 2.27. The van der Waals surface area contributed by atoms with Crippen LogP contribution < -0.4 is 5.32 Å². The van der Waals surface area contributed by atoms with Gasteiger partial charge in [-0.3, -0.25) is 4.79 Å². The minimum Gasteiger partial charge on any atom is -0.301 e. The summed E-state index contributed by atoms with van der Waals surface area (Å²) >= 11 is 7.01. The van der Waals surface area contributed by atoms with E-state index in [1.54, 1.807) is 0 Å². The molecule has 5 nitrogen and oxygen atoms in total. The quantitative estimate of drug-likeness (QED) is 0.689. The molecule has 0 fully saturated rings. The minimum atomic E-state index is -3.74. The number of hydrogen-bond acceptors (Lipinski definition) is 5. The molecule has 1 N–H and O–H groups in total. The van der Waals surface area contributed by atoms with Crippen LogP contribution in [0.25, 0.3) is 11.3 Å². The van der Waals surface area contributed by atoms with E-state index in [2.05, 4.69) is 10.3 Å². The highest BCUT2D eigenvalue weighted by molar-refractivity contribution is 7.92. The Morgan fingerprint density at radius 3 is 2.54 bits per heavy atom. The Kier molecular flexibility index (Phi) is 5.41. The largest absolute Gasteiger partial charge is 0.301 e. The highest BCUT2D eigenvalue weighted by Gasteiger charge is 2.20. The van der Waals surface area contributed by atoms with Gasteiger partial charge in [-0.2, -0.15) is 0 Å². The number of aryl methyl sites for hydroxylation is 1. The fourth-order valence-electron chi connectivity index (χ4n) is 2.37. The molecule has 0 spiro atoms. The van der Waals surface area contributed by atoms with Gasteiger partial charge in [-0.1, -0.05) is 35.9 Å². The molecule has 0 aliphatic heterocycles. The van der Waals surface area contributed by atoms with Crippen LogP contribution in [0.2, 0.25) is 5.02 Å². The molecule has 134 valence electrons. The summed E-state index contributed by atoms with van der Waals surface area (Å²) < 4.78 is 24.6. The molecule has 26 heavy (non-hydrogen) atoms. The molecule has 1 amide bonds. The average Bonchev–Trinajstić information content (AvgIpc) is 3.03. The van der Waals surface area contributed by atoms with Crippen LogP contribution in [0.4, 0.5) is 5.13 Å². The maximum Gasteiger partial charge on any atom is 0.241 e. The number of anilines is 1. The second kappa shape index (κ2) is 7.57. The summed E-state index contributed by atoms with van der Waals surface area (Å²) in [6.45, 7) is 1.98. The topological polar surface area (TPSA) is 76.1 Å². The van der Waals surface area contributed by atoms with Gasteiger partial charge in [0.2, 0.25) is 5.91 Å². The van der Waals surface area contributed by atoms with Crippen molar-refractivity contribution in [1.82, 2.24) is 4.98 Å². The molecule has 1 heterocycles. The van der Waals surface area contributed by atoms with Crippen molar-refractivity contribution in [3.63, 3.8) is 0 Å². The monoisotopic (exact) mass is 406 g/mol. The van der Waals surface area contributed by atoms with E-state index in [4.69, 9.17) is 11.6 Å². The number of nitrogens with zero attached hydrogens (tertiary/aromatic N) is 1. The first-order valence-corrected chi connectivity index (χ1v) is 10.6. The second-order valence-corrected chi connectivity index (χ2v) is 8.90. The van der Waals surface area contributed by atoms with E-state index in [0.717, 1.165) is 16.8 Å². The van der Waals surface area contributed by atoms with Crippen LogP contribution in [0.5, 0.6) is 0 Å². The predicted octanol–water partition coefficient (Wildman–Crippen LogP) is 4.18. The maximum atomic E-state index is 12.3. The standard InChI is InChI=1S/C18H15ClN2O3S2/c1-12-4-2-3-5-15(12)16-10-25-18(20-16)21-17(22)11-26(23,24)14-8-6-13(19)7-9-14/h2-10H,11H2,1H3,(H,20,21,22). The van der Waals surface area contributed by atoms with E-state index in [1.807, 2.05) is 36.6 Å². The molecule has 0 aliphatic carbocycles. The average molecular weight is 407 g/mol. The number of sulfone groups is 1. The number of rotatable bonds is 5. The second-order valence-electron chi connectivity index (χ2n) is 5.61. The lowest BCUT2D eigenvalue weighted by molar-refractivity contribution is -0.113. The lowest BCUT2D eigenvalue weighted by Crippen LogP contribution is -2.22. The summed E-state index contributed by atoms with van der Waals surface area (Å²) in [6, 6.07) is 13.5. The normalized spacial score (nSPS) is 11.3. The van der Waals surface area contributed by atoms with E-state index >= 15 is 0 Å². The van der Waals surface area contributed by atoms with Gasteiger partial charge in [-0.25, -0.2) is 13.4 Å². The number of nitrogens with one attached hydrogen (secondary N) is 1. The smallest absolute Gasteiger partial charge is 0.241 e. The Balaban J connectivity index is 1.71. The van der Waals surface area contributed by atoms with E-state index in [9.17, 15) is 13.2 Å². The molecule has 1 aromatic heterocycles. The van der Waals surface area contributed by atoms with Crippen LogP contribution in [0.15, 0.2) is 58.8 Å². The first kappa shape index (κ1) is 18.6. The molecule has 0 saturated carbocycles. The number of benzene rings is 2. The molecule has 3 aromatic rings. The predicted molar refractivity (Wildman–Crippen MR) is 104 cm³/mol. The molecule has 0 radical (unpaired) electrons. The van der Waals surface area contributed by atoms with Gasteiger partial charge < -0.3 is 5.32 Å². The van der Waals surface area contributed by atoms with Gasteiger partial charge in [0.05, 0.1) is 10.6 Å². The van der Waals surface area contributed by atoms with Crippen molar-refractivity contribution in [2.75, 3.05) is 11.1 Å². The number of amides is 1. The van der Waals surface area contributed by atoms with Crippen LogP contribution in [0, 0.1) is 6.92 Å². The lowest BCUT2D eigenvalue weighted by Gasteiger charge is -2.05.